The molecule has 0 amide bonds. The van der Waals surface area contributed by atoms with E-state index in [0.29, 0.717) is 12.1 Å². The van der Waals surface area contributed by atoms with Gasteiger partial charge in [-0.15, -0.1) is 0 Å². The highest BCUT2D eigenvalue weighted by molar-refractivity contribution is 7.90. The van der Waals surface area contributed by atoms with Crippen molar-refractivity contribution < 1.29 is 26.4 Å². The molecule has 0 unspecified atom stereocenters. The third-order valence-corrected chi connectivity index (χ3v) is 3.26. The second-order valence-electron chi connectivity index (χ2n) is 3.91. The number of carbonyl (C=O) groups is 1. The topological polar surface area (TPSA) is 51.2 Å². The summed E-state index contributed by atoms with van der Waals surface area (Å²) in [6.45, 7) is 0. The molecule has 0 aromatic heterocycles. The van der Waals surface area contributed by atoms with E-state index >= 15 is 0 Å². The number of sulfone groups is 1. The number of hydrogen-bond acceptors (Lipinski definition) is 3. The van der Waals surface area contributed by atoms with Gasteiger partial charge in [0.1, 0.15) is 9.84 Å². The molecule has 0 bridgehead atoms. The van der Waals surface area contributed by atoms with Gasteiger partial charge in [0.15, 0.2) is 23.2 Å². The summed E-state index contributed by atoms with van der Waals surface area (Å²) in [5, 5.41) is 0. The Hall–Kier alpha value is -1.37. The summed E-state index contributed by atoms with van der Waals surface area (Å²) in [6, 6.07) is 1.20. The van der Waals surface area contributed by atoms with Crippen molar-refractivity contribution in [2.24, 2.45) is 0 Å². The molecular formula is C11H11F3O3S. The predicted octanol–water partition coefficient (Wildman–Crippen LogP) is 2.11. The van der Waals surface area contributed by atoms with E-state index < -0.39 is 33.1 Å². The minimum atomic E-state index is -3.19. The first-order valence-corrected chi connectivity index (χ1v) is 7.12. The number of Topliss-reactive ketones (excluding diaryl/α,β-unsaturated/α-hetero) is 1. The summed E-state index contributed by atoms with van der Waals surface area (Å²) in [7, 11) is -3.19. The van der Waals surface area contributed by atoms with Gasteiger partial charge in [-0.05, 0) is 18.6 Å². The quantitative estimate of drug-likeness (QED) is 0.613. The van der Waals surface area contributed by atoms with Gasteiger partial charge >= 0.3 is 0 Å². The van der Waals surface area contributed by atoms with Gasteiger partial charge in [-0.3, -0.25) is 4.79 Å². The summed E-state index contributed by atoms with van der Waals surface area (Å²) in [5.41, 5.74) is -0.306. The van der Waals surface area contributed by atoms with Gasteiger partial charge in [-0.25, -0.2) is 21.6 Å². The van der Waals surface area contributed by atoms with Gasteiger partial charge in [0, 0.05) is 18.2 Å². The van der Waals surface area contributed by atoms with Crippen molar-refractivity contribution in [3.8, 4) is 0 Å². The minimum Gasteiger partial charge on any atom is -0.294 e. The highest BCUT2D eigenvalue weighted by Gasteiger charge is 2.15. The van der Waals surface area contributed by atoms with Gasteiger partial charge in [-0.2, -0.15) is 0 Å². The van der Waals surface area contributed by atoms with Gasteiger partial charge in [0.05, 0.1) is 5.75 Å². The maximum absolute atomic E-state index is 12.8. The third kappa shape index (κ3) is 4.14. The van der Waals surface area contributed by atoms with Crippen LogP contribution in [0.1, 0.15) is 23.2 Å². The number of ketones is 1. The van der Waals surface area contributed by atoms with Crippen LogP contribution in [0.5, 0.6) is 0 Å². The molecule has 0 atom stereocenters. The van der Waals surface area contributed by atoms with E-state index in [1.807, 2.05) is 0 Å². The molecule has 0 spiro atoms. The number of halogens is 3. The summed E-state index contributed by atoms with van der Waals surface area (Å²) in [6.07, 6.45) is 0.907. The third-order valence-electron chi connectivity index (χ3n) is 2.22. The molecule has 0 fully saturated rings. The molecule has 0 aliphatic heterocycles. The molecule has 1 rings (SSSR count). The van der Waals surface area contributed by atoms with Crippen LogP contribution in [-0.4, -0.2) is 26.2 Å². The van der Waals surface area contributed by atoms with Crippen molar-refractivity contribution in [1.29, 1.82) is 0 Å². The second kappa shape index (κ2) is 5.51. The molecule has 3 nitrogen and oxygen atoms in total. The summed E-state index contributed by atoms with van der Waals surface area (Å²) in [4.78, 5) is 11.5. The van der Waals surface area contributed by atoms with Crippen LogP contribution in [0.4, 0.5) is 13.2 Å². The summed E-state index contributed by atoms with van der Waals surface area (Å²) in [5.74, 6) is -5.34. The van der Waals surface area contributed by atoms with Crippen molar-refractivity contribution in [1.82, 2.24) is 0 Å². The highest BCUT2D eigenvalue weighted by Crippen LogP contribution is 2.15. The van der Waals surface area contributed by atoms with Gasteiger partial charge in [-0.1, -0.05) is 0 Å². The van der Waals surface area contributed by atoms with Crippen LogP contribution < -0.4 is 0 Å². The van der Waals surface area contributed by atoms with Gasteiger partial charge < -0.3 is 0 Å². The normalized spacial score (nSPS) is 11.6. The van der Waals surface area contributed by atoms with Crippen LogP contribution in [0.2, 0.25) is 0 Å². The summed E-state index contributed by atoms with van der Waals surface area (Å²) < 4.78 is 60.0. The monoisotopic (exact) mass is 280 g/mol. The predicted molar refractivity (Wildman–Crippen MR) is 59.6 cm³/mol. The first-order valence-electron chi connectivity index (χ1n) is 5.06. The largest absolute Gasteiger partial charge is 0.294 e. The van der Waals surface area contributed by atoms with Crippen LogP contribution in [-0.2, 0) is 9.84 Å². The van der Waals surface area contributed by atoms with E-state index in [1.165, 1.54) is 0 Å². The SMILES string of the molecule is CS(=O)(=O)CCCC(=O)c1cc(F)c(F)c(F)c1. The van der Waals surface area contributed by atoms with Crippen molar-refractivity contribution in [3.05, 3.63) is 35.1 Å². The van der Waals surface area contributed by atoms with E-state index in [-0.39, 0.29) is 24.2 Å². The molecule has 1 aromatic rings. The van der Waals surface area contributed by atoms with Crippen molar-refractivity contribution in [2.75, 3.05) is 12.0 Å². The van der Waals surface area contributed by atoms with E-state index in [0.717, 1.165) is 6.26 Å². The first-order chi connectivity index (χ1) is 8.20. The molecule has 1 aromatic carbocycles. The number of rotatable bonds is 5. The van der Waals surface area contributed by atoms with E-state index in [4.69, 9.17) is 0 Å². The highest BCUT2D eigenvalue weighted by atomic mass is 32.2. The smallest absolute Gasteiger partial charge is 0.194 e. The number of carbonyl (C=O) groups excluding carboxylic acids is 1. The zero-order valence-electron chi connectivity index (χ0n) is 9.54. The maximum Gasteiger partial charge on any atom is 0.194 e. The average Bonchev–Trinajstić information content (AvgIpc) is 2.23. The van der Waals surface area contributed by atoms with Crippen molar-refractivity contribution in [2.45, 2.75) is 12.8 Å². The number of benzene rings is 1. The lowest BCUT2D eigenvalue weighted by molar-refractivity contribution is 0.0981. The molecule has 0 radical (unpaired) electrons. The lowest BCUT2D eigenvalue weighted by Gasteiger charge is -2.02. The molecule has 18 heavy (non-hydrogen) atoms. The van der Waals surface area contributed by atoms with E-state index in [1.54, 1.807) is 0 Å². The zero-order chi connectivity index (χ0) is 13.9. The van der Waals surface area contributed by atoms with Crippen molar-refractivity contribution >= 4 is 15.6 Å². The lowest BCUT2D eigenvalue weighted by atomic mass is 10.1. The Bertz CT molecular complexity index is 544. The van der Waals surface area contributed by atoms with Gasteiger partial charge in [0.25, 0.3) is 0 Å². The maximum atomic E-state index is 12.8. The van der Waals surface area contributed by atoms with Crippen molar-refractivity contribution in [3.63, 3.8) is 0 Å². The Morgan fingerprint density at radius 3 is 2.11 bits per heavy atom. The van der Waals surface area contributed by atoms with E-state index in [2.05, 4.69) is 0 Å². The molecule has 0 heterocycles. The molecular weight excluding hydrogens is 269 g/mol. The number of hydrogen-bond donors (Lipinski definition) is 0. The zero-order valence-corrected chi connectivity index (χ0v) is 10.4. The standard InChI is InChI=1S/C11H11F3O3S/c1-18(16,17)4-2-3-10(15)7-5-8(12)11(14)9(13)6-7/h5-6H,2-4H2,1H3. The lowest BCUT2D eigenvalue weighted by Crippen LogP contribution is -2.07. The molecule has 0 aliphatic rings. The van der Waals surface area contributed by atoms with Crippen LogP contribution in [0, 0.1) is 17.5 Å². The van der Waals surface area contributed by atoms with Crippen LogP contribution in [0.3, 0.4) is 0 Å². The molecule has 0 saturated carbocycles. The molecule has 0 saturated heterocycles. The Labute approximate surface area is 103 Å². The first kappa shape index (κ1) is 14.7. The second-order valence-corrected chi connectivity index (χ2v) is 6.17. The van der Waals surface area contributed by atoms with Gasteiger partial charge in [0.2, 0.25) is 0 Å². The van der Waals surface area contributed by atoms with E-state index in [9.17, 15) is 26.4 Å². The van der Waals surface area contributed by atoms with Crippen LogP contribution in [0.25, 0.3) is 0 Å². The van der Waals surface area contributed by atoms with Crippen LogP contribution >= 0.6 is 0 Å². The summed E-state index contributed by atoms with van der Waals surface area (Å²) >= 11 is 0. The molecule has 0 N–H and O–H groups in total. The fraction of sp³-hybridized carbons (Fsp3) is 0.364. The Morgan fingerprint density at radius 1 is 1.17 bits per heavy atom. The Morgan fingerprint density at radius 2 is 1.67 bits per heavy atom. The van der Waals surface area contributed by atoms with Crippen LogP contribution in [0.15, 0.2) is 12.1 Å². The molecule has 0 aliphatic carbocycles. The fourth-order valence-corrected chi connectivity index (χ4v) is 2.02. The molecule has 100 valence electrons. The Kier molecular flexibility index (Phi) is 4.50. The Balaban J connectivity index is 2.74. The fourth-order valence-electron chi connectivity index (χ4n) is 1.36. The average molecular weight is 280 g/mol. The molecule has 7 heteroatoms. The minimum absolute atomic E-state index is 0.0539.